The van der Waals surface area contributed by atoms with Gasteiger partial charge in [0.25, 0.3) is 0 Å². The number of aryl methyl sites for hydroxylation is 2. The number of anilines is 2. The van der Waals surface area contributed by atoms with Gasteiger partial charge in [-0.2, -0.15) is 5.26 Å². The molecule has 5 nitrogen and oxygen atoms in total. The van der Waals surface area contributed by atoms with Crippen molar-refractivity contribution in [2.45, 2.75) is 33.6 Å². The molecule has 0 aliphatic rings. The fourth-order valence-corrected chi connectivity index (χ4v) is 2.85. The van der Waals surface area contributed by atoms with Crippen molar-refractivity contribution < 1.29 is 9.59 Å². The van der Waals surface area contributed by atoms with Gasteiger partial charge in [-0.1, -0.05) is 38.1 Å². The third kappa shape index (κ3) is 4.48. The number of hydrogen-bond acceptors (Lipinski definition) is 3. The van der Waals surface area contributed by atoms with Crippen LogP contribution in [0.5, 0.6) is 0 Å². The lowest BCUT2D eigenvalue weighted by atomic mass is 10.0. The summed E-state index contributed by atoms with van der Waals surface area (Å²) in [4.78, 5) is 26.0. The molecule has 0 atom stereocenters. The molecule has 0 spiro atoms. The van der Waals surface area contributed by atoms with Gasteiger partial charge in [0, 0.05) is 18.3 Å². The van der Waals surface area contributed by atoms with Gasteiger partial charge in [0.15, 0.2) is 0 Å². The number of nitrogens with one attached hydrogen (secondary N) is 1. The minimum atomic E-state index is -0.266. The van der Waals surface area contributed by atoms with Gasteiger partial charge < -0.3 is 10.2 Å². The molecule has 0 heterocycles. The Bertz CT molecular complexity index is 830. The Labute approximate surface area is 154 Å². The first-order chi connectivity index (χ1) is 12.5. The van der Waals surface area contributed by atoms with Crippen LogP contribution in [-0.4, -0.2) is 18.4 Å². The summed E-state index contributed by atoms with van der Waals surface area (Å²) < 4.78 is 0. The lowest BCUT2D eigenvalue weighted by molar-refractivity contribution is -0.120. The standard InChI is InChI=1S/C21H23N3O2/c1-4-17-9-7-10-18(5-2)21(17)23-20(26)14-24(15(3)25)19-11-6-8-16(12-19)13-22/h6-12H,4-5,14H2,1-3H3,(H,23,26). The third-order valence-electron chi connectivity index (χ3n) is 4.23. The van der Waals surface area contributed by atoms with Crippen molar-refractivity contribution in [1.29, 1.82) is 5.26 Å². The molecule has 0 aliphatic heterocycles. The summed E-state index contributed by atoms with van der Waals surface area (Å²) in [6, 6.07) is 14.7. The monoisotopic (exact) mass is 349 g/mol. The number of carbonyl (C=O) groups excluding carboxylic acids is 2. The molecule has 0 fully saturated rings. The quantitative estimate of drug-likeness (QED) is 0.864. The topological polar surface area (TPSA) is 73.2 Å². The molecule has 0 saturated heterocycles. The predicted molar refractivity (Wildman–Crippen MR) is 103 cm³/mol. The SMILES string of the molecule is CCc1cccc(CC)c1NC(=O)CN(C(C)=O)c1cccc(C#N)c1. The van der Waals surface area contributed by atoms with E-state index in [-0.39, 0.29) is 18.4 Å². The van der Waals surface area contributed by atoms with Crippen molar-refractivity contribution in [2.75, 3.05) is 16.8 Å². The van der Waals surface area contributed by atoms with Crippen molar-refractivity contribution in [3.63, 3.8) is 0 Å². The molecule has 5 heteroatoms. The minimum Gasteiger partial charge on any atom is -0.324 e. The van der Waals surface area contributed by atoms with E-state index in [1.54, 1.807) is 24.3 Å². The van der Waals surface area contributed by atoms with Crippen LogP contribution in [0.2, 0.25) is 0 Å². The summed E-state index contributed by atoms with van der Waals surface area (Å²) in [6.45, 7) is 5.38. The summed E-state index contributed by atoms with van der Waals surface area (Å²) in [5, 5.41) is 12.0. The van der Waals surface area contributed by atoms with Gasteiger partial charge in [-0.25, -0.2) is 0 Å². The van der Waals surface area contributed by atoms with Crippen LogP contribution in [0.1, 0.15) is 37.5 Å². The molecule has 26 heavy (non-hydrogen) atoms. The molecule has 0 saturated carbocycles. The fourth-order valence-electron chi connectivity index (χ4n) is 2.85. The lowest BCUT2D eigenvalue weighted by Gasteiger charge is -2.22. The highest BCUT2D eigenvalue weighted by atomic mass is 16.2. The van der Waals surface area contributed by atoms with E-state index >= 15 is 0 Å². The van der Waals surface area contributed by atoms with Gasteiger partial charge in [-0.15, -0.1) is 0 Å². The van der Waals surface area contributed by atoms with Crippen LogP contribution in [0.4, 0.5) is 11.4 Å². The highest BCUT2D eigenvalue weighted by Crippen LogP contribution is 2.23. The molecule has 0 unspecified atom stereocenters. The van der Waals surface area contributed by atoms with Crippen LogP contribution in [0.25, 0.3) is 0 Å². The second-order valence-corrected chi connectivity index (χ2v) is 5.97. The van der Waals surface area contributed by atoms with Crippen LogP contribution in [0.3, 0.4) is 0 Å². The molecule has 1 N–H and O–H groups in total. The zero-order valence-electron chi connectivity index (χ0n) is 15.4. The van der Waals surface area contributed by atoms with E-state index in [4.69, 9.17) is 5.26 Å². The van der Waals surface area contributed by atoms with Crippen molar-refractivity contribution in [3.05, 3.63) is 59.2 Å². The normalized spacial score (nSPS) is 10.1. The van der Waals surface area contributed by atoms with Crippen molar-refractivity contribution in [1.82, 2.24) is 0 Å². The van der Waals surface area contributed by atoms with Crippen LogP contribution in [-0.2, 0) is 22.4 Å². The fraction of sp³-hybridized carbons (Fsp3) is 0.286. The Morgan fingerprint density at radius 2 is 1.69 bits per heavy atom. The highest BCUT2D eigenvalue weighted by Gasteiger charge is 2.18. The molecular weight excluding hydrogens is 326 g/mol. The molecule has 0 bridgehead atoms. The molecule has 2 rings (SSSR count). The molecule has 2 amide bonds. The van der Waals surface area contributed by atoms with E-state index in [1.807, 2.05) is 38.1 Å². The minimum absolute atomic E-state index is 0.106. The zero-order valence-corrected chi connectivity index (χ0v) is 15.4. The van der Waals surface area contributed by atoms with Crippen LogP contribution < -0.4 is 10.2 Å². The first-order valence-corrected chi connectivity index (χ1v) is 8.69. The number of rotatable bonds is 6. The van der Waals surface area contributed by atoms with E-state index in [0.29, 0.717) is 11.3 Å². The lowest BCUT2D eigenvalue weighted by Crippen LogP contribution is -2.37. The largest absolute Gasteiger partial charge is 0.324 e. The average Bonchev–Trinajstić information content (AvgIpc) is 2.66. The molecule has 0 aliphatic carbocycles. The van der Waals surface area contributed by atoms with Crippen molar-refractivity contribution in [3.8, 4) is 6.07 Å². The maximum Gasteiger partial charge on any atom is 0.244 e. The van der Waals surface area contributed by atoms with E-state index < -0.39 is 0 Å². The Morgan fingerprint density at radius 1 is 1.08 bits per heavy atom. The smallest absolute Gasteiger partial charge is 0.244 e. The molecule has 2 aromatic carbocycles. The molecular formula is C21H23N3O2. The number of hydrogen-bond donors (Lipinski definition) is 1. The van der Waals surface area contributed by atoms with Gasteiger partial charge >= 0.3 is 0 Å². The number of nitrogens with zero attached hydrogens (tertiary/aromatic N) is 2. The second kappa shape index (κ2) is 8.82. The molecule has 2 aromatic rings. The summed E-state index contributed by atoms with van der Waals surface area (Å²) in [7, 11) is 0. The van der Waals surface area contributed by atoms with Gasteiger partial charge in [0.1, 0.15) is 6.54 Å². The Kier molecular flexibility index (Phi) is 6.51. The first kappa shape index (κ1) is 19.2. The van der Waals surface area contributed by atoms with Gasteiger partial charge in [0.05, 0.1) is 11.6 Å². The zero-order chi connectivity index (χ0) is 19.1. The maximum atomic E-state index is 12.6. The molecule has 0 radical (unpaired) electrons. The van der Waals surface area contributed by atoms with E-state index in [1.165, 1.54) is 11.8 Å². The first-order valence-electron chi connectivity index (χ1n) is 8.69. The van der Waals surface area contributed by atoms with E-state index in [2.05, 4.69) is 5.32 Å². The van der Waals surface area contributed by atoms with E-state index in [9.17, 15) is 9.59 Å². The third-order valence-corrected chi connectivity index (χ3v) is 4.23. The average molecular weight is 349 g/mol. The van der Waals surface area contributed by atoms with Crippen LogP contribution in [0, 0.1) is 11.3 Å². The summed E-state index contributed by atoms with van der Waals surface area (Å²) in [5.41, 5.74) is 3.94. The maximum absolute atomic E-state index is 12.6. The van der Waals surface area contributed by atoms with Crippen molar-refractivity contribution >= 4 is 23.2 Å². The van der Waals surface area contributed by atoms with Crippen LogP contribution in [0.15, 0.2) is 42.5 Å². The number of benzene rings is 2. The van der Waals surface area contributed by atoms with Crippen molar-refractivity contribution in [2.24, 2.45) is 0 Å². The predicted octanol–water partition coefficient (Wildman–Crippen LogP) is 3.67. The van der Waals surface area contributed by atoms with Crippen LogP contribution >= 0.6 is 0 Å². The van der Waals surface area contributed by atoms with Gasteiger partial charge in [-0.3, -0.25) is 9.59 Å². The summed E-state index contributed by atoms with van der Waals surface area (Å²) in [6.07, 6.45) is 1.62. The number of amides is 2. The number of para-hydroxylation sites is 1. The number of nitriles is 1. The molecule has 134 valence electrons. The van der Waals surface area contributed by atoms with E-state index in [0.717, 1.165) is 29.7 Å². The van der Waals surface area contributed by atoms with Gasteiger partial charge in [-0.05, 0) is 42.2 Å². The van der Waals surface area contributed by atoms with Gasteiger partial charge in [0.2, 0.25) is 11.8 Å². The summed E-state index contributed by atoms with van der Waals surface area (Å²) >= 11 is 0. The second-order valence-electron chi connectivity index (χ2n) is 5.97. The Morgan fingerprint density at radius 3 is 2.23 bits per heavy atom. The highest BCUT2D eigenvalue weighted by molar-refractivity contribution is 6.02. The molecule has 0 aromatic heterocycles. The number of carbonyl (C=O) groups is 2. The Balaban J connectivity index is 2.24. The Hall–Kier alpha value is -3.13. The summed E-state index contributed by atoms with van der Waals surface area (Å²) in [5.74, 6) is -0.520.